The van der Waals surface area contributed by atoms with Crippen molar-refractivity contribution in [2.45, 2.75) is 13.0 Å². The minimum absolute atomic E-state index is 0.00559. The molecule has 1 amide bonds. The molecule has 3 rings (SSSR count). The average Bonchev–Trinajstić information content (AvgIpc) is 2.69. The molecular formula is C19H19ClN6O. The van der Waals surface area contributed by atoms with E-state index < -0.39 is 5.91 Å². The van der Waals surface area contributed by atoms with Gasteiger partial charge >= 0.3 is 0 Å². The first-order valence-electron chi connectivity index (χ1n) is 8.29. The van der Waals surface area contributed by atoms with Gasteiger partial charge in [0.05, 0.1) is 16.6 Å². The summed E-state index contributed by atoms with van der Waals surface area (Å²) >= 11 is 6.02. The number of hydrogen-bond acceptors (Lipinski definition) is 6. The predicted octanol–water partition coefficient (Wildman–Crippen LogP) is 3.64. The molecule has 0 aliphatic rings. The summed E-state index contributed by atoms with van der Waals surface area (Å²) in [6.07, 6.45) is 1.36. The van der Waals surface area contributed by atoms with Crippen LogP contribution in [0.3, 0.4) is 0 Å². The number of hydrogen-bond donors (Lipinski definition) is 4. The standard InChI is InChI=1S/C19H19ClN6O/c1-12(13-7-3-2-4-8-13)24-17-16(21)18(23-11-22-17)25-26-19(27)14-9-5-6-10-15(14)20/h2-12H,21H2,1H3,(H,26,27)(H2,22,23,24,25). The van der Waals surface area contributed by atoms with Gasteiger partial charge in [0.15, 0.2) is 11.6 Å². The number of carbonyl (C=O) groups excluding carboxylic acids is 1. The molecule has 5 N–H and O–H groups in total. The molecule has 0 aliphatic heterocycles. The molecule has 0 spiro atoms. The summed E-state index contributed by atoms with van der Waals surface area (Å²) in [5, 5.41) is 3.60. The van der Waals surface area contributed by atoms with E-state index in [0.29, 0.717) is 22.1 Å². The summed E-state index contributed by atoms with van der Waals surface area (Å²) in [6, 6.07) is 16.7. The van der Waals surface area contributed by atoms with Crippen molar-refractivity contribution in [3.05, 3.63) is 77.1 Å². The zero-order valence-corrected chi connectivity index (χ0v) is 15.4. The number of aromatic nitrogens is 2. The van der Waals surface area contributed by atoms with Crippen LogP contribution in [0.5, 0.6) is 0 Å². The van der Waals surface area contributed by atoms with E-state index >= 15 is 0 Å². The Bertz CT molecular complexity index is 934. The maximum atomic E-state index is 12.2. The monoisotopic (exact) mass is 382 g/mol. The number of amides is 1. The third kappa shape index (κ3) is 4.45. The van der Waals surface area contributed by atoms with Crippen molar-refractivity contribution < 1.29 is 4.79 Å². The van der Waals surface area contributed by atoms with E-state index in [9.17, 15) is 4.79 Å². The molecule has 0 saturated heterocycles. The molecular weight excluding hydrogens is 364 g/mol. The Balaban J connectivity index is 1.70. The van der Waals surface area contributed by atoms with E-state index in [4.69, 9.17) is 17.3 Å². The lowest BCUT2D eigenvalue weighted by molar-refractivity contribution is 0.0962. The quantitative estimate of drug-likeness (QED) is 0.485. The van der Waals surface area contributed by atoms with Crippen LogP contribution in [0.2, 0.25) is 5.02 Å². The summed E-state index contributed by atoms with van der Waals surface area (Å²) in [4.78, 5) is 20.5. The fourth-order valence-corrected chi connectivity index (χ4v) is 2.69. The van der Waals surface area contributed by atoms with E-state index in [1.165, 1.54) is 6.33 Å². The topological polar surface area (TPSA) is 105 Å². The minimum atomic E-state index is -0.397. The lowest BCUT2D eigenvalue weighted by Gasteiger charge is -2.18. The van der Waals surface area contributed by atoms with E-state index in [1.54, 1.807) is 24.3 Å². The second kappa shape index (κ2) is 8.37. The molecule has 8 heteroatoms. The lowest BCUT2D eigenvalue weighted by Crippen LogP contribution is -2.30. The highest BCUT2D eigenvalue weighted by molar-refractivity contribution is 6.33. The first-order chi connectivity index (χ1) is 13.1. The highest BCUT2D eigenvalue weighted by Crippen LogP contribution is 2.26. The molecule has 27 heavy (non-hydrogen) atoms. The van der Waals surface area contributed by atoms with Gasteiger partial charge in [-0.05, 0) is 24.6 Å². The van der Waals surface area contributed by atoms with Gasteiger partial charge in [0, 0.05) is 0 Å². The van der Waals surface area contributed by atoms with Gasteiger partial charge in [-0.1, -0.05) is 54.1 Å². The average molecular weight is 383 g/mol. The SMILES string of the molecule is CC(Nc1ncnc(NNC(=O)c2ccccc2Cl)c1N)c1ccccc1. The Kier molecular flexibility index (Phi) is 5.73. The van der Waals surface area contributed by atoms with E-state index in [0.717, 1.165) is 5.56 Å². The molecule has 1 unspecified atom stereocenters. The molecule has 0 saturated carbocycles. The van der Waals surface area contributed by atoms with Gasteiger partial charge in [0.2, 0.25) is 0 Å². The molecule has 2 aromatic carbocycles. The van der Waals surface area contributed by atoms with Gasteiger partial charge in [-0.25, -0.2) is 9.97 Å². The van der Waals surface area contributed by atoms with Crippen LogP contribution in [0.15, 0.2) is 60.9 Å². The lowest BCUT2D eigenvalue weighted by atomic mass is 10.1. The van der Waals surface area contributed by atoms with Crippen LogP contribution in [0.25, 0.3) is 0 Å². The van der Waals surface area contributed by atoms with Crippen molar-refractivity contribution in [1.29, 1.82) is 0 Å². The Morgan fingerprint density at radius 1 is 1.04 bits per heavy atom. The van der Waals surface area contributed by atoms with Crippen LogP contribution in [0, 0.1) is 0 Å². The highest BCUT2D eigenvalue weighted by Gasteiger charge is 2.14. The summed E-state index contributed by atoms with van der Waals surface area (Å²) in [6.45, 7) is 2.00. The van der Waals surface area contributed by atoms with Crippen LogP contribution in [0.4, 0.5) is 17.3 Å². The van der Waals surface area contributed by atoms with Crippen molar-refractivity contribution in [2.75, 3.05) is 16.5 Å². The first kappa shape index (κ1) is 18.5. The smallest absolute Gasteiger partial charge is 0.271 e. The molecule has 0 fully saturated rings. The fourth-order valence-electron chi connectivity index (χ4n) is 2.47. The molecule has 0 radical (unpaired) electrons. The van der Waals surface area contributed by atoms with Crippen LogP contribution in [-0.2, 0) is 0 Å². The van der Waals surface area contributed by atoms with Crippen LogP contribution in [-0.4, -0.2) is 15.9 Å². The third-order valence-corrected chi connectivity index (χ3v) is 4.28. The van der Waals surface area contributed by atoms with Crippen molar-refractivity contribution >= 4 is 34.8 Å². The Labute approximate surface area is 162 Å². The van der Waals surface area contributed by atoms with Gasteiger partial charge in [0.1, 0.15) is 12.0 Å². The molecule has 1 atom stereocenters. The normalized spacial score (nSPS) is 11.5. The van der Waals surface area contributed by atoms with Gasteiger partial charge < -0.3 is 11.1 Å². The number of nitrogens with zero attached hydrogens (tertiary/aromatic N) is 2. The van der Waals surface area contributed by atoms with Gasteiger partial charge in [0.25, 0.3) is 5.91 Å². The second-order valence-electron chi connectivity index (χ2n) is 5.82. The Morgan fingerprint density at radius 2 is 1.70 bits per heavy atom. The highest BCUT2D eigenvalue weighted by atomic mass is 35.5. The molecule has 0 bridgehead atoms. The van der Waals surface area contributed by atoms with Crippen LogP contribution < -0.4 is 21.9 Å². The molecule has 1 heterocycles. The number of nitrogens with two attached hydrogens (primary N) is 1. The van der Waals surface area contributed by atoms with Gasteiger partial charge in [-0.2, -0.15) is 0 Å². The maximum absolute atomic E-state index is 12.2. The van der Waals surface area contributed by atoms with Crippen molar-refractivity contribution in [3.63, 3.8) is 0 Å². The van der Waals surface area contributed by atoms with Crippen molar-refractivity contribution in [2.24, 2.45) is 0 Å². The zero-order valence-electron chi connectivity index (χ0n) is 14.6. The number of anilines is 3. The molecule has 3 aromatic rings. The van der Waals surface area contributed by atoms with Crippen molar-refractivity contribution in [1.82, 2.24) is 15.4 Å². The maximum Gasteiger partial charge on any atom is 0.271 e. The molecule has 7 nitrogen and oxygen atoms in total. The van der Waals surface area contributed by atoms with Crippen LogP contribution >= 0.6 is 11.6 Å². The first-order valence-corrected chi connectivity index (χ1v) is 8.67. The molecule has 0 aliphatic carbocycles. The van der Waals surface area contributed by atoms with Crippen molar-refractivity contribution in [3.8, 4) is 0 Å². The number of rotatable bonds is 6. The number of carbonyl (C=O) groups is 1. The second-order valence-corrected chi connectivity index (χ2v) is 6.23. The van der Waals surface area contributed by atoms with E-state index in [-0.39, 0.29) is 11.9 Å². The zero-order chi connectivity index (χ0) is 19.2. The number of halogens is 1. The summed E-state index contributed by atoms with van der Waals surface area (Å²) in [5.74, 6) is 0.356. The van der Waals surface area contributed by atoms with Gasteiger partial charge in [-0.15, -0.1) is 0 Å². The fraction of sp³-hybridized carbons (Fsp3) is 0.105. The number of nitrogens with one attached hydrogen (secondary N) is 3. The summed E-state index contributed by atoms with van der Waals surface area (Å²) in [5.41, 5.74) is 13.1. The largest absolute Gasteiger partial charge is 0.393 e. The van der Waals surface area contributed by atoms with Gasteiger partial charge in [-0.3, -0.25) is 15.6 Å². The summed E-state index contributed by atoms with van der Waals surface area (Å²) < 4.78 is 0. The predicted molar refractivity (Wildman–Crippen MR) is 107 cm³/mol. The molecule has 1 aromatic heterocycles. The Hall–Kier alpha value is -3.32. The number of nitrogen functional groups attached to an aromatic ring is 1. The van der Waals surface area contributed by atoms with E-state index in [1.807, 2.05) is 37.3 Å². The van der Waals surface area contributed by atoms with E-state index in [2.05, 4.69) is 26.1 Å². The number of hydrazine groups is 1. The molecule has 138 valence electrons. The Morgan fingerprint density at radius 3 is 2.44 bits per heavy atom. The number of benzene rings is 2. The van der Waals surface area contributed by atoms with Crippen LogP contribution in [0.1, 0.15) is 28.9 Å². The third-order valence-electron chi connectivity index (χ3n) is 3.95. The summed E-state index contributed by atoms with van der Waals surface area (Å²) in [7, 11) is 0. The minimum Gasteiger partial charge on any atom is -0.393 e.